The average molecular weight is 539 g/mol. The molecule has 6 rings (SSSR count). The number of hydrogen-bond acceptors (Lipinski definition) is 6. The molecular weight excluding hydrogens is 488 g/mol. The molecule has 212 valence electrons. The number of ether oxygens (including phenoxy) is 2. The van der Waals surface area contributed by atoms with Crippen LogP contribution in [0.4, 0.5) is 0 Å². The zero-order chi connectivity index (χ0) is 25.6. The Kier molecular flexibility index (Phi) is 8.25. The molecule has 0 bridgehead atoms. The largest absolute Gasteiger partial charge is 0.395 e. The molecule has 8 heteroatoms. The molecule has 6 aliphatic rings. The lowest BCUT2D eigenvalue weighted by molar-refractivity contribution is -0.123. The third-order valence-electron chi connectivity index (χ3n) is 11.5. The van der Waals surface area contributed by atoms with Crippen molar-refractivity contribution in [1.82, 2.24) is 9.21 Å². The predicted octanol–water partition coefficient (Wildman–Crippen LogP) is 4.00. The van der Waals surface area contributed by atoms with Crippen LogP contribution in [0.2, 0.25) is 0 Å². The van der Waals surface area contributed by atoms with E-state index in [2.05, 4.69) is 11.8 Å². The number of nitrogens with zero attached hydrogens (tertiary/aromatic N) is 2. The highest BCUT2D eigenvalue weighted by molar-refractivity contribution is 7.89. The molecule has 3 aliphatic heterocycles. The van der Waals surface area contributed by atoms with E-state index in [1.807, 2.05) is 4.31 Å². The van der Waals surface area contributed by atoms with Gasteiger partial charge in [0, 0.05) is 25.2 Å². The van der Waals surface area contributed by atoms with Gasteiger partial charge in [-0.1, -0.05) is 19.8 Å². The molecule has 0 radical (unpaired) electrons. The van der Waals surface area contributed by atoms with Gasteiger partial charge in [-0.3, -0.25) is 4.90 Å². The molecule has 3 heterocycles. The molecule has 0 aromatic rings. The Labute approximate surface area is 224 Å². The first kappa shape index (κ1) is 26.9. The minimum Gasteiger partial charge on any atom is -0.395 e. The Morgan fingerprint density at radius 2 is 1.51 bits per heavy atom. The van der Waals surface area contributed by atoms with Crippen molar-refractivity contribution < 1.29 is 23.0 Å². The first-order valence-corrected chi connectivity index (χ1v) is 17.1. The summed E-state index contributed by atoms with van der Waals surface area (Å²) in [7, 11) is -3.28. The van der Waals surface area contributed by atoms with Crippen molar-refractivity contribution in [2.75, 3.05) is 33.0 Å². The van der Waals surface area contributed by atoms with E-state index in [1.165, 1.54) is 32.1 Å². The Morgan fingerprint density at radius 3 is 2.30 bits per heavy atom. The zero-order valence-corrected chi connectivity index (χ0v) is 23.7. The Hall–Kier alpha value is -0.250. The van der Waals surface area contributed by atoms with Crippen LogP contribution in [0.25, 0.3) is 0 Å². The van der Waals surface area contributed by atoms with Crippen molar-refractivity contribution >= 4 is 10.0 Å². The number of hydrogen-bond donors (Lipinski definition) is 1. The molecule has 0 spiro atoms. The smallest absolute Gasteiger partial charge is 0.217 e. The van der Waals surface area contributed by atoms with Gasteiger partial charge in [-0.2, -0.15) is 0 Å². The minimum absolute atomic E-state index is 0.205. The second-order valence-corrected chi connectivity index (χ2v) is 15.5. The predicted molar refractivity (Wildman–Crippen MR) is 143 cm³/mol. The van der Waals surface area contributed by atoms with Crippen molar-refractivity contribution in [2.24, 2.45) is 29.6 Å². The summed E-state index contributed by atoms with van der Waals surface area (Å²) in [6.45, 7) is 5.13. The van der Waals surface area contributed by atoms with Gasteiger partial charge in [-0.05, 0) is 107 Å². The fourth-order valence-corrected chi connectivity index (χ4v) is 11.7. The zero-order valence-electron chi connectivity index (χ0n) is 22.9. The first-order valence-electron chi connectivity index (χ1n) is 15.6. The summed E-state index contributed by atoms with van der Waals surface area (Å²) in [5, 5.41) is 10.2. The summed E-state index contributed by atoms with van der Waals surface area (Å²) in [4.78, 5) is 2.47. The van der Waals surface area contributed by atoms with Crippen LogP contribution in [-0.2, 0) is 19.5 Å². The van der Waals surface area contributed by atoms with Gasteiger partial charge in [0.1, 0.15) is 6.79 Å². The Bertz CT molecular complexity index is 878. The summed E-state index contributed by atoms with van der Waals surface area (Å²) >= 11 is 0. The van der Waals surface area contributed by atoms with E-state index in [-0.39, 0.29) is 29.9 Å². The van der Waals surface area contributed by atoms with Crippen molar-refractivity contribution in [2.45, 2.75) is 120 Å². The Balaban J connectivity index is 1.11. The van der Waals surface area contributed by atoms with Crippen LogP contribution >= 0.6 is 0 Å². The molecule has 8 atom stereocenters. The number of aliphatic hydroxyl groups excluding tert-OH is 1. The molecule has 3 saturated heterocycles. The first-order chi connectivity index (χ1) is 18.0. The van der Waals surface area contributed by atoms with E-state index in [1.54, 1.807) is 0 Å². The summed E-state index contributed by atoms with van der Waals surface area (Å²) in [5.41, 5.74) is 0. The van der Waals surface area contributed by atoms with Crippen LogP contribution in [-0.4, -0.2) is 85.3 Å². The van der Waals surface area contributed by atoms with Crippen molar-refractivity contribution in [3.63, 3.8) is 0 Å². The summed E-state index contributed by atoms with van der Waals surface area (Å²) in [6.07, 6.45) is 15.2. The van der Waals surface area contributed by atoms with Crippen LogP contribution in [0.1, 0.15) is 90.4 Å². The van der Waals surface area contributed by atoms with Crippen LogP contribution in [0, 0.1) is 29.6 Å². The standard InChI is InChI=1S/C29H50N2O5S/c1-20-6-2-3-7-28(20)37(33,34)30-14-4-5-15-31-24(17-30)29(25(31)18-32)22-10-8-21(9-11-22)23-12-13-26-27(16-23)36-19-35-26/h20-29,32H,2-19H2,1H3/t20?,21?,22?,23?,24?,25-,26?,27?,28?,29+/m1/s1. The van der Waals surface area contributed by atoms with Gasteiger partial charge in [0.2, 0.25) is 10.0 Å². The van der Waals surface area contributed by atoms with E-state index in [0.717, 1.165) is 69.7 Å². The van der Waals surface area contributed by atoms with Crippen LogP contribution in [0.15, 0.2) is 0 Å². The molecular formula is C29H50N2O5S. The van der Waals surface area contributed by atoms with E-state index in [9.17, 15) is 13.5 Å². The molecule has 0 aromatic carbocycles. The molecule has 0 amide bonds. The van der Waals surface area contributed by atoms with E-state index >= 15 is 0 Å². The van der Waals surface area contributed by atoms with Gasteiger partial charge in [0.05, 0.1) is 24.1 Å². The quantitative estimate of drug-likeness (QED) is 0.570. The average Bonchev–Trinajstić information content (AvgIpc) is 3.36. The maximum absolute atomic E-state index is 13.9. The number of fused-ring (bicyclic) bond motifs is 2. The van der Waals surface area contributed by atoms with Crippen LogP contribution in [0.3, 0.4) is 0 Å². The normalized spacial score (nSPS) is 46.3. The maximum Gasteiger partial charge on any atom is 0.217 e. The van der Waals surface area contributed by atoms with Gasteiger partial charge in [-0.25, -0.2) is 12.7 Å². The molecule has 3 aliphatic carbocycles. The lowest BCUT2D eigenvalue weighted by atomic mass is 9.62. The molecule has 6 unspecified atom stereocenters. The highest BCUT2D eigenvalue weighted by Crippen LogP contribution is 2.49. The molecule has 1 N–H and O–H groups in total. The lowest BCUT2D eigenvalue weighted by Gasteiger charge is -2.60. The number of aliphatic hydroxyl groups is 1. The van der Waals surface area contributed by atoms with E-state index in [0.29, 0.717) is 43.9 Å². The van der Waals surface area contributed by atoms with Gasteiger partial charge >= 0.3 is 0 Å². The summed E-state index contributed by atoms with van der Waals surface area (Å²) in [5.74, 6) is 2.83. The second-order valence-electron chi connectivity index (χ2n) is 13.3. The van der Waals surface area contributed by atoms with Gasteiger partial charge in [-0.15, -0.1) is 0 Å². The monoisotopic (exact) mass is 538 g/mol. The number of sulfonamides is 1. The lowest BCUT2D eigenvalue weighted by Crippen LogP contribution is -2.71. The molecule has 3 saturated carbocycles. The number of rotatable bonds is 5. The summed E-state index contributed by atoms with van der Waals surface area (Å²) < 4.78 is 41.2. The van der Waals surface area contributed by atoms with Gasteiger partial charge in [0.25, 0.3) is 0 Å². The van der Waals surface area contributed by atoms with Crippen LogP contribution < -0.4 is 0 Å². The second kappa shape index (κ2) is 11.3. The van der Waals surface area contributed by atoms with Crippen molar-refractivity contribution in [3.8, 4) is 0 Å². The molecule has 6 fully saturated rings. The maximum atomic E-state index is 13.9. The van der Waals surface area contributed by atoms with Crippen LogP contribution in [0.5, 0.6) is 0 Å². The van der Waals surface area contributed by atoms with E-state index < -0.39 is 10.0 Å². The third-order valence-corrected chi connectivity index (χ3v) is 14.0. The molecule has 0 aromatic heterocycles. The minimum atomic E-state index is -3.28. The Morgan fingerprint density at radius 1 is 0.811 bits per heavy atom. The summed E-state index contributed by atoms with van der Waals surface area (Å²) in [6, 6.07) is 0.481. The fraction of sp³-hybridized carbons (Fsp3) is 1.00. The topological polar surface area (TPSA) is 79.3 Å². The van der Waals surface area contributed by atoms with Crippen molar-refractivity contribution in [3.05, 3.63) is 0 Å². The van der Waals surface area contributed by atoms with Gasteiger partial charge < -0.3 is 14.6 Å². The molecule has 37 heavy (non-hydrogen) atoms. The highest BCUT2D eigenvalue weighted by Gasteiger charge is 2.53. The molecule has 7 nitrogen and oxygen atoms in total. The SMILES string of the molecule is CC1CCCCC1S(=O)(=O)N1CCCCN2C(C1)[C@H](C1CCC(C3CCC4OCOC4C3)CC1)[C@H]2CO. The highest BCUT2D eigenvalue weighted by atomic mass is 32.2. The van der Waals surface area contributed by atoms with Crippen molar-refractivity contribution in [1.29, 1.82) is 0 Å². The third kappa shape index (κ3) is 5.17. The van der Waals surface area contributed by atoms with Gasteiger partial charge in [0.15, 0.2) is 0 Å². The fourth-order valence-electron chi connectivity index (χ4n) is 9.43. The van der Waals surface area contributed by atoms with E-state index in [4.69, 9.17) is 9.47 Å².